The fraction of sp³-hybridized carbons (Fsp3) is 0.800. The zero-order valence-electron chi connectivity index (χ0n) is 8.41. The summed E-state index contributed by atoms with van der Waals surface area (Å²) in [5.41, 5.74) is 1.44. The summed E-state index contributed by atoms with van der Waals surface area (Å²) in [6, 6.07) is 0. The van der Waals surface area contributed by atoms with E-state index < -0.39 is 0 Å². The Bertz CT molecular complexity index is 170. The highest BCUT2D eigenvalue weighted by molar-refractivity contribution is 9.09. The fourth-order valence-electron chi connectivity index (χ4n) is 0.944. The quantitative estimate of drug-likeness (QED) is 0.497. The molecule has 0 rings (SSSR count). The topological polar surface area (TPSA) is 0 Å². The maximum Gasteiger partial charge on any atom is 0.0515 e. The molecule has 0 aromatic carbocycles. The van der Waals surface area contributed by atoms with Crippen LogP contribution < -0.4 is 0 Å². The Hall–Kier alpha value is 0.990. The molecule has 0 aromatic heterocycles. The van der Waals surface area contributed by atoms with Gasteiger partial charge in [-0.1, -0.05) is 43.5 Å². The summed E-state index contributed by atoms with van der Waals surface area (Å²) in [5.74, 6) is 0. The largest absolute Gasteiger partial charge is 0.119 e. The van der Waals surface area contributed by atoms with Crippen LogP contribution in [0.15, 0.2) is 11.6 Å². The van der Waals surface area contributed by atoms with Crippen molar-refractivity contribution >= 4 is 43.5 Å². The van der Waals surface area contributed by atoms with E-state index in [-0.39, 0.29) is 4.87 Å². The molecule has 0 heterocycles. The molecule has 0 bridgehead atoms. The van der Waals surface area contributed by atoms with Crippen molar-refractivity contribution in [1.29, 1.82) is 0 Å². The zero-order valence-corrected chi connectivity index (χ0v) is 12.3. The molecule has 0 saturated heterocycles. The maximum absolute atomic E-state index is 6.18. The molecule has 0 aliphatic heterocycles. The van der Waals surface area contributed by atoms with Crippen LogP contribution in [0.1, 0.15) is 33.6 Å². The minimum Gasteiger partial charge on any atom is -0.119 e. The summed E-state index contributed by atoms with van der Waals surface area (Å²) in [7, 11) is 0. The number of hydrogen-bond donors (Lipinski definition) is 0. The molecule has 0 saturated carbocycles. The second-order valence-electron chi connectivity index (χ2n) is 3.65. The van der Waals surface area contributed by atoms with Crippen LogP contribution >= 0.6 is 43.5 Å². The second kappa shape index (κ2) is 6.47. The molecule has 0 aliphatic carbocycles. The molecule has 0 aromatic rings. The van der Waals surface area contributed by atoms with Crippen molar-refractivity contribution in [2.45, 2.75) is 43.3 Å². The van der Waals surface area contributed by atoms with Gasteiger partial charge in [0.1, 0.15) is 0 Å². The van der Waals surface area contributed by atoms with Gasteiger partial charge in [-0.15, -0.1) is 11.6 Å². The van der Waals surface area contributed by atoms with Crippen molar-refractivity contribution in [3.8, 4) is 0 Å². The van der Waals surface area contributed by atoms with Crippen molar-refractivity contribution in [1.82, 2.24) is 0 Å². The third kappa shape index (κ3) is 6.14. The van der Waals surface area contributed by atoms with Gasteiger partial charge in [-0.25, -0.2) is 0 Å². The molecule has 0 aliphatic rings. The third-order valence-corrected chi connectivity index (χ3v) is 4.89. The Morgan fingerprint density at radius 2 is 2.08 bits per heavy atom. The molecule has 0 fully saturated rings. The SMILES string of the molecule is C/C=C(\CBr)CCC(Br)C(C)(C)Cl. The van der Waals surface area contributed by atoms with Gasteiger partial charge in [-0.05, 0) is 33.6 Å². The van der Waals surface area contributed by atoms with Gasteiger partial charge < -0.3 is 0 Å². The summed E-state index contributed by atoms with van der Waals surface area (Å²) in [4.78, 5) is 0.209. The summed E-state index contributed by atoms with van der Waals surface area (Å²) in [6.45, 7) is 6.15. The lowest BCUT2D eigenvalue weighted by Crippen LogP contribution is -2.24. The van der Waals surface area contributed by atoms with Crippen LogP contribution in [-0.4, -0.2) is 15.0 Å². The van der Waals surface area contributed by atoms with Crippen molar-refractivity contribution in [3.63, 3.8) is 0 Å². The van der Waals surface area contributed by atoms with Crippen LogP contribution in [0.3, 0.4) is 0 Å². The van der Waals surface area contributed by atoms with Crippen molar-refractivity contribution < 1.29 is 0 Å². The summed E-state index contributed by atoms with van der Waals surface area (Å²) >= 11 is 13.2. The average molecular weight is 333 g/mol. The number of hydrogen-bond acceptors (Lipinski definition) is 0. The molecule has 3 heteroatoms. The zero-order chi connectivity index (χ0) is 10.5. The van der Waals surface area contributed by atoms with E-state index in [0.717, 1.165) is 18.2 Å². The van der Waals surface area contributed by atoms with Crippen LogP contribution in [0.4, 0.5) is 0 Å². The number of rotatable bonds is 5. The van der Waals surface area contributed by atoms with Crippen molar-refractivity contribution in [2.24, 2.45) is 0 Å². The van der Waals surface area contributed by atoms with Crippen LogP contribution in [0.25, 0.3) is 0 Å². The van der Waals surface area contributed by atoms with Crippen LogP contribution in [0.5, 0.6) is 0 Å². The van der Waals surface area contributed by atoms with E-state index in [1.165, 1.54) is 5.57 Å². The van der Waals surface area contributed by atoms with Gasteiger partial charge in [0.05, 0.1) is 4.87 Å². The molecule has 1 unspecified atom stereocenters. The van der Waals surface area contributed by atoms with Crippen LogP contribution in [0.2, 0.25) is 0 Å². The smallest absolute Gasteiger partial charge is 0.0515 e. The minimum absolute atomic E-state index is 0.162. The third-order valence-electron chi connectivity index (χ3n) is 2.04. The fourth-order valence-corrected chi connectivity index (χ4v) is 1.89. The molecule has 78 valence electrons. The van der Waals surface area contributed by atoms with Gasteiger partial charge in [0.25, 0.3) is 0 Å². The first-order valence-corrected chi connectivity index (χ1v) is 6.86. The summed E-state index contributed by atoms with van der Waals surface area (Å²) in [6.07, 6.45) is 4.35. The number of allylic oxidation sites excluding steroid dienone is 2. The number of halogens is 3. The van der Waals surface area contributed by atoms with E-state index in [9.17, 15) is 0 Å². The Morgan fingerprint density at radius 1 is 1.54 bits per heavy atom. The van der Waals surface area contributed by atoms with Crippen molar-refractivity contribution in [3.05, 3.63) is 11.6 Å². The molecule has 0 spiro atoms. The maximum atomic E-state index is 6.18. The van der Waals surface area contributed by atoms with E-state index in [1.807, 2.05) is 13.8 Å². The van der Waals surface area contributed by atoms with Gasteiger partial charge in [-0.3, -0.25) is 0 Å². The highest BCUT2D eigenvalue weighted by Crippen LogP contribution is 2.29. The van der Waals surface area contributed by atoms with Gasteiger partial charge in [-0.2, -0.15) is 0 Å². The molecule has 13 heavy (non-hydrogen) atoms. The highest BCUT2D eigenvalue weighted by Gasteiger charge is 2.23. The second-order valence-corrected chi connectivity index (χ2v) is 6.29. The average Bonchev–Trinajstić information content (AvgIpc) is 2.04. The molecule has 0 radical (unpaired) electrons. The monoisotopic (exact) mass is 330 g/mol. The Kier molecular flexibility index (Phi) is 6.96. The van der Waals surface area contributed by atoms with Gasteiger partial charge in [0.15, 0.2) is 0 Å². The first-order chi connectivity index (χ1) is 5.91. The lowest BCUT2D eigenvalue weighted by Gasteiger charge is -2.23. The molecule has 0 amide bonds. The predicted octanol–water partition coefficient (Wildman–Crippen LogP) is 4.89. The van der Waals surface area contributed by atoms with Gasteiger partial charge in [0, 0.05) is 10.2 Å². The van der Waals surface area contributed by atoms with Crippen LogP contribution in [0, 0.1) is 0 Å². The Morgan fingerprint density at radius 3 is 2.38 bits per heavy atom. The van der Waals surface area contributed by atoms with Gasteiger partial charge >= 0.3 is 0 Å². The lowest BCUT2D eigenvalue weighted by molar-refractivity contribution is 0.616. The van der Waals surface area contributed by atoms with E-state index in [1.54, 1.807) is 0 Å². The molecule has 1 atom stereocenters. The lowest BCUT2D eigenvalue weighted by atomic mass is 10.0. The van der Waals surface area contributed by atoms with E-state index in [0.29, 0.717) is 4.83 Å². The van der Waals surface area contributed by atoms with E-state index in [2.05, 4.69) is 44.9 Å². The Labute approximate surface area is 103 Å². The molecule has 0 nitrogen and oxygen atoms in total. The number of alkyl halides is 3. The molecular weight excluding hydrogens is 315 g/mol. The molecular formula is C10H17Br2Cl. The predicted molar refractivity (Wildman–Crippen MR) is 69.4 cm³/mol. The summed E-state index contributed by atoms with van der Waals surface area (Å²) < 4.78 is 0. The summed E-state index contributed by atoms with van der Waals surface area (Å²) in [5, 5.41) is 0.964. The first-order valence-electron chi connectivity index (χ1n) is 4.44. The highest BCUT2D eigenvalue weighted by atomic mass is 79.9. The minimum atomic E-state index is -0.162. The molecule has 0 N–H and O–H groups in total. The van der Waals surface area contributed by atoms with Gasteiger partial charge in [0.2, 0.25) is 0 Å². The van der Waals surface area contributed by atoms with Crippen molar-refractivity contribution in [2.75, 3.05) is 5.33 Å². The van der Waals surface area contributed by atoms with E-state index >= 15 is 0 Å². The first kappa shape index (κ1) is 14.0. The normalized spacial score (nSPS) is 16.0. The van der Waals surface area contributed by atoms with E-state index in [4.69, 9.17) is 11.6 Å². The van der Waals surface area contributed by atoms with Crippen LogP contribution in [-0.2, 0) is 0 Å². The standard InChI is InChI=1S/C10H17Br2Cl/c1-4-8(7-11)5-6-9(12)10(2,3)13/h4,9H,5-7H2,1-3H3/b8-4-. The Balaban J connectivity index is 3.89.